The number of Topliss-reactive ketones (excluding diaryl/α,β-unsaturated/α-hetero) is 1. The fraction of sp³-hybridized carbons (Fsp3) is 0.250. The third-order valence-corrected chi connectivity index (χ3v) is 2.84. The summed E-state index contributed by atoms with van der Waals surface area (Å²) in [6, 6.07) is 8.23. The lowest BCUT2D eigenvalue weighted by Crippen LogP contribution is -2.57. The highest BCUT2D eigenvalue weighted by Gasteiger charge is 2.54. The van der Waals surface area contributed by atoms with Gasteiger partial charge < -0.3 is 5.73 Å². The number of hydrogen-bond donors (Lipinski definition) is 1. The molecular weight excluding hydrogens is 273 g/mol. The molecule has 0 amide bonds. The summed E-state index contributed by atoms with van der Waals surface area (Å²) >= 11 is 0. The van der Waals surface area contributed by atoms with Gasteiger partial charge in [-0.3, -0.25) is 4.79 Å². The molecule has 0 aliphatic heterocycles. The van der Waals surface area contributed by atoms with Crippen LogP contribution in [0.25, 0.3) is 5.69 Å². The van der Waals surface area contributed by atoms with Gasteiger partial charge >= 0.3 is 6.18 Å². The number of ketones is 1. The second-order valence-corrected chi connectivity index (χ2v) is 4.40. The number of nitrogens with zero attached hydrogens (tertiary/aromatic N) is 3. The summed E-state index contributed by atoms with van der Waals surface area (Å²) < 4.78 is 39.5. The molecule has 0 saturated heterocycles. The number of nitrogens with two attached hydrogens (primary N) is 1. The van der Waals surface area contributed by atoms with E-state index in [-0.39, 0.29) is 5.69 Å². The number of rotatable bonds is 3. The van der Waals surface area contributed by atoms with Crippen molar-refractivity contribution in [3.8, 4) is 5.69 Å². The monoisotopic (exact) mass is 284 g/mol. The maximum atomic E-state index is 12.8. The summed E-state index contributed by atoms with van der Waals surface area (Å²) in [7, 11) is 0. The molecule has 0 bridgehead atoms. The lowest BCUT2D eigenvalue weighted by molar-refractivity contribution is -0.166. The van der Waals surface area contributed by atoms with E-state index in [0.717, 1.165) is 10.9 Å². The molecule has 2 N–H and O–H groups in total. The Morgan fingerprint density at radius 1 is 1.25 bits per heavy atom. The van der Waals surface area contributed by atoms with Gasteiger partial charge in [-0.1, -0.05) is 23.4 Å². The fourth-order valence-corrected chi connectivity index (χ4v) is 1.54. The van der Waals surface area contributed by atoms with E-state index in [1.165, 1.54) is 0 Å². The van der Waals surface area contributed by atoms with Gasteiger partial charge in [0.25, 0.3) is 0 Å². The minimum absolute atomic E-state index is 0.321. The van der Waals surface area contributed by atoms with Crippen molar-refractivity contribution in [1.29, 1.82) is 0 Å². The fourth-order valence-electron chi connectivity index (χ4n) is 1.54. The highest BCUT2D eigenvalue weighted by Crippen LogP contribution is 2.31. The number of halogens is 3. The van der Waals surface area contributed by atoms with Gasteiger partial charge in [-0.05, 0) is 19.1 Å². The van der Waals surface area contributed by atoms with E-state index >= 15 is 0 Å². The predicted octanol–water partition coefficient (Wildman–Crippen LogP) is 1.73. The average molecular weight is 284 g/mol. The zero-order chi connectivity index (χ0) is 15.0. The predicted molar refractivity (Wildman–Crippen MR) is 64.3 cm³/mol. The van der Waals surface area contributed by atoms with Crippen LogP contribution in [0.1, 0.15) is 17.4 Å². The van der Waals surface area contributed by atoms with E-state index in [1.54, 1.807) is 30.3 Å². The first kappa shape index (κ1) is 14.2. The Labute approximate surface area is 112 Å². The first-order valence-corrected chi connectivity index (χ1v) is 5.61. The Bertz CT molecular complexity index is 619. The molecule has 106 valence electrons. The lowest BCUT2D eigenvalue weighted by Gasteiger charge is -2.25. The maximum absolute atomic E-state index is 12.8. The van der Waals surface area contributed by atoms with E-state index in [1.807, 2.05) is 0 Å². The van der Waals surface area contributed by atoms with Crippen LogP contribution >= 0.6 is 0 Å². The average Bonchev–Trinajstić information content (AvgIpc) is 2.86. The molecule has 2 aromatic rings. The summed E-state index contributed by atoms with van der Waals surface area (Å²) in [5.41, 5.74) is 2.24. The Balaban J connectivity index is 2.46. The van der Waals surface area contributed by atoms with Gasteiger partial charge in [0.15, 0.2) is 5.54 Å². The van der Waals surface area contributed by atoms with Gasteiger partial charge in [0, 0.05) is 0 Å². The largest absolute Gasteiger partial charge is 0.413 e. The quantitative estimate of drug-likeness (QED) is 0.871. The molecule has 8 heteroatoms. The van der Waals surface area contributed by atoms with E-state index in [9.17, 15) is 18.0 Å². The number of alkyl halides is 3. The second kappa shape index (κ2) is 4.71. The molecule has 0 saturated carbocycles. The summed E-state index contributed by atoms with van der Waals surface area (Å²) in [6.45, 7) is 0.623. The van der Waals surface area contributed by atoms with Gasteiger partial charge in [-0.15, -0.1) is 5.10 Å². The summed E-state index contributed by atoms with van der Waals surface area (Å²) in [4.78, 5) is 12.0. The van der Waals surface area contributed by atoms with Crippen molar-refractivity contribution in [3.05, 3.63) is 42.2 Å². The first-order valence-electron chi connectivity index (χ1n) is 5.61. The summed E-state index contributed by atoms with van der Waals surface area (Å²) in [6.07, 6.45) is -3.90. The highest BCUT2D eigenvalue weighted by molar-refractivity contribution is 6.02. The zero-order valence-corrected chi connectivity index (χ0v) is 10.4. The standard InChI is InChI=1S/C12H11F3N4O/c1-11(16,12(13,14)15)10(20)9-7-17-18-19(9)8-5-3-2-4-6-8/h2-7H,16H2,1H3. The molecule has 1 aromatic carbocycles. The van der Waals surface area contributed by atoms with Gasteiger partial charge in [0.2, 0.25) is 5.78 Å². The molecular formula is C12H11F3N4O. The third-order valence-electron chi connectivity index (χ3n) is 2.84. The Hall–Kier alpha value is -2.22. The maximum Gasteiger partial charge on any atom is 0.413 e. The molecule has 2 rings (SSSR count). The van der Waals surface area contributed by atoms with Crippen LogP contribution in [0.2, 0.25) is 0 Å². The van der Waals surface area contributed by atoms with E-state index in [4.69, 9.17) is 5.73 Å². The number of benzene rings is 1. The zero-order valence-electron chi connectivity index (χ0n) is 10.4. The number of para-hydroxylation sites is 1. The highest BCUT2D eigenvalue weighted by atomic mass is 19.4. The minimum Gasteiger partial charge on any atom is -0.311 e. The topological polar surface area (TPSA) is 73.8 Å². The first-order chi connectivity index (χ1) is 9.25. The molecule has 1 atom stereocenters. The molecule has 1 aromatic heterocycles. The molecule has 20 heavy (non-hydrogen) atoms. The van der Waals surface area contributed by atoms with Crippen molar-refractivity contribution in [2.75, 3.05) is 0 Å². The lowest BCUT2D eigenvalue weighted by atomic mass is 9.95. The van der Waals surface area contributed by atoms with Crippen LogP contribution in [-0.2, 0) is 0 Å². The van der Waals surface area contributed by atoms with Crippen molar-refractivity contribution in [1.82, 2.24) is 15.0 Å². The van der Waals surface area contributed by atoms with E-state index in [0.29, 0.717) is 12.6 Å². The third kappa shape index (κ3) is 2.29. The Kier molecular flexibility index (Phi) is 3.34. The van der Waals surface area contributed by atoms with Crippen LogP contribution in [0.3, 0.4) is 0 Å². The molecule has 0 aliphatic carbocycles. The molecule has 0 radical (unpaired) electrons. The van der Waals surface area contributed by atoms with Crippen molar-refractivity contribution in [2.45, 2.75) is 18.6 Å². The van der Waals surface area contributed by atoms with Crippen molar-refractivity contribution < 1.29 is 18.0 Å². The number of aromatic nitrogens is 3. The molecule has 1 heterocycles. The van der Waals surface area contributed by atoms with Crippen LogP contribution in [0.4, 0.5) is 13.2 Å². The number of carbonyl (C=O) groups is 1. The Morgan fingerprint density at radius 3 is 2.40 bits per heavy atom. The van der Waals surface area contributed by atoms with Crippen molar-refractivity contribution in [3.63, 3.8) is 0 Å². The summed E-state index contributed by atoms with van der Waals surface area (Å²) in [5.74, 6) is -1.29. The normalized spacial score (nSPS) is 14.8. The molecule has 0 spiro atoms. The van der Waals surface area contributed by atoms with E-state index in [2.05, 4.69) is 10.3 Å². The van der Waals surface area contributed by atoms with Gasteiger partial charge in [0.1, 0.15) is 5.69 Å². The van der Waals surface area contributed by atoms with Crippen LogP contribution < -0.4 is 5.73 Å². The smallest absolute Gasteiger partial charge is 0.311 e. The van der Waals surface area contributed by atoms with Gasteiger partial charge in [-0.2, -0.15) is 13.2 Å². The van der Waals surface area contributed by atoms with E-state index < -0.39 is 17.5 Å². The molecule has 1 unspecified atom stereocenters. The van der Waals surface area contributed by atoms with Crippen LogP contribution in [0.15, 0.2) is 36.5 Å². The van der Waals surface area contributed by atoms with Gasteiger partial charge in [-0.25, -0.2) is 4.68 Å². The SMILES string of the molecule is CC(N)(C(=O)c1cnnn1-c1ccccc1)C(F)(F)F. The molecule has 5 nitrogen and oxygen atoms in total. The molecule has 0 fully saturated rings. The van der Waals surface area contributed by atoms with Gasteiger partial charge in [0.05, 0.1) is 11.9 Å². The Morgan fingerprint density at radius 2 is 1.85 bits per heavy atom. The number of hydrogen-bond acceptors (Lipinski definition) is 4. The minimum atomic E-state index is -4.87. The summed E-state index contributed by atoms with van der Waals surface area (Å²) in [5, 5.41) is 7.11. The van der Waals surface area contributed by atoms with Crippen molar-refractivity contribution in [2.24, 2.45) is 5.73 Å². The van der Waals surface area contributed by atoms with Crippen LogP contribution in [-0.4, -0.2) is 32.5 Å². The second-order valence-electron chi connectivity index (χ2n) is 4.40. The van der Waals surface area contributed by atoms with Crippen LogP contribution in [0, 0.1) is 0 Å². The van der Waals surface area contributed by atoms with Crippen LogP contribution in [0.5, 0.6) is 0 Å². The number of carbonyl (C=O) groups excluding carboxylic acids is 1. The van der Waals surface area contributed by atoms with Crippen molar-refractivity contribution >= 4 is 5.78 Å². The molecule has 0 aliphatic rings.